The molecule has 1 aromatic carbocycles. The molecule has 0 spiro atoms. The number of carbonyl (C=O) groups is 2. The van der Waals surface area contributed by atoms with Crippen molar-refractivity contribution < 1.29 is 14.3 Å². The minimum absolute atomic E-state index is 0.376. The molecule has 112 valence electrons. The lowest BCUT2D eigenvalue weighted by Gasteiger charge is -2.19. The van der Waals surface area contributed by atoms with Crippen molar-refractivity contribution in [2.75, 3.05) is 0 Å². The van der Waals surface area contributed by atoms with Crippen molar-refractivity contribution in [1.82, 2.24) is 4.57 Å². The second-order valence-corrected chi connectivity index (χ2v) is 6.44. The number of alkyl halides is 1. The van der Waals surface area contributed by atoms with Crippen LogP contribution in [0.25, 0.3) is 10.9 Å². The average Bonchev–Trinajstić information content (AvgIpc) is 2.76. The Morgan fingerprint density at radius 1 is 1.38 bits per heavy atom. The van der Waals surface area contributed by atoms with Gasteiger partial charge in [-0.3, -0.25) is 4.57 Å². The van der Waals surface area contributed by atoms with Gasteiger partial charge in [0.2, 0.25) is 0 Å². The number of fused-ring (bicyclic) bond motifs is 1. The summed E-state index contributed by atoms with van der Waals surface area (Å²) in [5.74, 6) is 0. The minimum Gasteiger partial charge on any atom is -0.443 e. The highest BCUT2D eigenvalue weighted by Crippen LogP contribution is 2.24. The van der Waals surface area contributed by atoms with Crippen molar-refractivity contribution in [3.05, 3.63) is 36.0 Å². The number of hydrogen-bond donors (Lipinski definition) is 0. The molecule has 0 radical (unpaired) electrons. The smallest absolute Gasteiger partial charge is 0.419 e. The Morgan fingerprint density at radius 2 is 2.05 bits per heavy atom. The van der Waals surface area contributed by atoms with Crippen molar-refractivity contribution in [1.29, 1.82) is 0 Å². The summed E-state index contributed by atoms with van der Waals surface area (Å²) in [6.07, 6.45) is 2.32. The predicted molar refractivity (Wildman–Crippen MR) is 83.0 cm³/mol. The first-order valence-corrected chi connectivity index (χ1v) is 7.17. The monoisotopic (exact) mass is 307 g/mol. The Labute approximate surface area is 128 Å². The molecule has 21 heavy (non-hydrogen) atoms. The molecule has 2 aromatic rings. The lowest BCUT2D eigenvalue weighted by atomic mass is 10.1. The molecular formula is C16H18ClNO3. The van der Waals surface area contributed by atoms with Crippen LogP contribution in [-0.2, 0) is 16.0 Å². The second-order valence-electron chi connectivity index (χ2n) is 5.88. The second kappa shape index (κ2) is 5.90. The van der Waals surface area contributed by atoms with Crippen molar-refractivity contribution in [2.24, 2.45) is 0 Å². The number of halogens is 1. The summed E-state index contributed by atoms with van der Waals surface area (Å²) in [6, 6.07) is 7.48. The van der Waals surface area contributed by atoms with E-state index in [1.54, 1.807) is 6.20 Å². The van der Waals surface area contributed by atoms with Gasteiger partial charge in [0.05, 0.1) is 10.9 Å². The zero-order chi connectivity index (χ0) is 15.6. The van der Waals surface area contributed by atoms with E-state index in [9.17, 15) is 9.59 Å². The lowest BCUT2D eigenvalue weighted by molar-refractivity contribution is -0.107. The number of para-hydroxylation sites is 1. The average molecular weight is 308 g/mol. The van der Waals surface area contributed by atoms with Gasteiger partial charge in [-0.25, -0.2) is 4.79 Å². The summed E-state index contributed by atoms with van der Waals surface area (Å²) >= 11 is 5.90. The van der Waals surface area contributed by atoms with Gasteiger partial charge in [0, 0.05) is 11.6 Å². The first kappa shape index (κ1) is 15.6. The SMILES string of the molecule is CC(C)(C)OC(=O)n1cc(C[C@H](Cl)C=O)c2ccccc21. The molecule has 0 aliphatic rings. The number of aromatic nitrogens is 1. The molecule has 1 atom stereocenters. The van der Waals surface area contributed by atoms with Gasteiger partial charge in [-0.1, -0.05) is 18.2 Å². The third-order valence-corrected chi connectivity index (χ3v) is 3.20. The topological polar surface area (TPSA) is 48.3 Å². The van der Waals surface area contributed by atoms with E-state index in [4.69, 9.17) is 16.3 Å². The molecule has 0 saturated heterocycles. The molecule has 5 heteroatoms. The highest BCUT2D eigenvalue weighted by atomic mass is 35.5. The van der Waals surface area contributed by atoms with Crippen LogP contribution in [0.1, 0.15) is 26.3 Å². The molecule has 0 bridgehead atoms. The van der Waals surface area contributed by atoms with Crippen LogP contribution in [0.5, 0.6) is 0 Å². The van der Waals surface area contributed by atoms with E-state index in [-0.39, 0.29) is 0 Å². The highest BCUT2D eigenvalue weighted by molar-refractivity contribution is 6.27. The molecule has 4 nitrogen and oxygen atoms in total. The molecule has 0 amide bonds. The number of aldehydes is 1. The summed E-state index contributed by atoms with van der Waals surface area (Å²) in [4.78, 5) is 23.0. The first-order valence-electron chi connectivity index (χ1n) is 6.73. The maximum atomic E-state index is 12.3. The third-order valence-electron chi connectivity index (χ3n) is 2.95. The molecular weight excluding hydrogens is 290 g/mol. The van der Waals surface area contributed by atoms with E-state index >= 15 is 0 Å². The Hall–Kier alpha value is -1.81. The van der Waals surface area contributed by atoms with E-state index in [2.05, 4.69) is 0 Å². The molecule has 0 saturated carbocycles. The fourth-order valence-corrected chi connectivity index (χ4v) is 2.30. The van der Waals surface area contributed by atoms with Crippen LogP contribution in [0.3, 0.4) is 0 Å². The van der Waals surface area contributed by atoms with Crippen LogP contribution in [0.2, 0.25) is 0 Å². The van der Waals surface area contributed by atoms with Crippen molar-refractivity contribution >= 4 is 34.9 Å². The van der Waals surface area contributed by atoms with E-state index in [1.807, 2.05) is 45.0 Å². The van der Waals surface area contributed by atoms with Gasteiger partial charge < -0.3 is 9.53 Å². The van der Waals surface area contributed by atoms with Crippen LogP contribution in [-0.4, -0.2) is 27.9 Å². The first-order chi connectivity index (χ1) is 9.81. The molecule has 0 fully saturated rings. The normalized spacial score (nSPS) is 13.1. The van der Waals surface area contributed by atoms with Gasteiger partial charge in [0.25, 0.3) is 0 Å². The standard InChI is InChI=1S/C16H18ClNO3/c1-16(2,3)21-15(20)18-9-11(8-12(17)10-19)13-6-4-5-7-14(13)18/h4-7,9-10,12H,8H2,1-3H3/t12-/m0/s1. The van der Waals surface area contributed by atoms with E-state index < -0.39 is 17.1 Å². The molecule has 2 rings (SSSR count). The molecule has 0 unspecified atom stereocenters. The third kappa shape index (κ3) is 3.64. The highest BCUT2D eigenvalue weighted by Gasteiger charge is 2.21. The van der Waals surface area contributed by atoms with Crippen molar-refractivity contribution in [3.8, 4) is 0 Å². The number of ether oxygens (including phenoxy) is 1. The van der Waals surface area contributed by atoms with Gasteiger partial charge in [0.1, 0.15) is 11.9 Å². The summed E-state index contributed by atoms with van der Waals surface area (Å²) in [7, 11) is 0. The van der Waals surface area contributed by atoms with Gasteiger partial charge in [-0.05, 0) is 38.8 Å². The fourth-order valence-electron chi connectivity index (χ4n) is 2.13. The Bertz CT molecular complexity index is 670. The number of rotatable bonds is 3. The van der Waals surface area contributed by atoms with E-state index in [1.165, 1.54) is 4.57 Å². The Morgan fingerprint density at radius 3 is 2.67 bits per heavy atom. The Balaban J connectivity index is 2.45. The quantitative estimate of drug-likeness (QED) is 0.640. The molecule has 1 aromatic heterocycles. The minimum atomic E-state index is -0.608. The largest absolute Gasteiger partial charge is 0.443 e. The number of nitrogens with zero attached hydrogens (tertiary/aromatic N) is 1. The maximum Gasteiger partial charge on any atom is 0.419 e. The summed E-state index contributed by atoms with van der Waals surface area (Å²) in [6.45, 7) is 5.45. The predicted octanol–water partition coefficient (Wildman–Crippen LogP) is 3.77. The lowest BCUT2D eigenvalue weighted by Crippen LogP contribution is -2.26. The van der Waals surface area contributed by atoms with Crippen molar-refractivity contribution in [3.63, 3.8) is 0 Å². The van der Waals surface area contributed by atoms with Gasteiger partial charge in [-0.2, -0.15) is 0 Å². The summed E-state index contributed by atoms with van der Waals surface area (Å²) < 4.78 is 6.86. The fraction of sp³-hybridized carbons (Fsp3) is 0.375. The number of benzene rings is 1. The van der Waals surface area contributed by atoms with Crippen LogP contribution in [0.15, 0.2) is 30.5 Å². The van der Waals surface area contributed by atoms with E-state index in [0.717, 1.165) is 16.5 Å². The number of hydrogen-bond acceptors (Lipinski definition) is 3. The zero-order valence-electron chi connectivity index (χ0n) is 12.3. The molecule has 0 aliphatic carbocycles. The van der Waals surface area contributed by atoms with E-state index in [0.29, 0.717) is 12.7 Å². The van der Waals surface area contributed by atoms with Gasteiger partial charge in [-0.15, -0.1) is 11.6 Å². The van der Waals surface area contributed by atoms with Crippen LogP contribution < -0.4 is 0 Å². The summed E-state index contributed by atoms with van der Waals surface area (Å²) in [5.41, 5.74) is 1.03. The maximum absolute atomic E-state index is 12.3. The van der Waals surface area contributed by atoms with Crippen LogP contribution >= 0.6 is 11.6 Å². The summed E-state index contributed by atoms with van der Waals surface area (Å²) in [5, 5.41) is 0.291. The van der Waals surface area contributed by atoms with Gasteiger partial charge in [0.15, 0.2) is 0 Å². The van der Waals surface area contributed by atoms with Crippen molar-refractivity contribution in [2.45, 2.75) is 38.2 Å². The van der Waals surface area contributed by atoms with Crippen LogP contribution in [0.4, 0.5) is 4.79 Å². The molecule has 0 N–H and O–H groups in total. The number of carbonyl (C=O) groups excluding carboxylic acids is 2. The van der Waals surface area contributed by atoms with Gasteiger partial charge >= 0.3 is 6.09 Å². The molecule has 0 aliphatic heterocycles. The van der Waals surface area contributed by atoms with Crippen LogP contribution in [0, 0.1) is 0 Å². The molecule has 1 heterocycles. The zero-order valence-corrected chi connectivity index (χ0v) is 13.1. The Kier molecular flexibility index (Phi) is 4.37.